The molecule has 7 nitrogen and oxygen atoms in total. The lowest BCUT2D eigenvalue weighted by atomic mass is 9.97. The summed E-state index contributed by atoms with van der Waals surface area (Å²) in [6.45, 7) is 0.268. The maximum atomic E-state index is 14.0. The van der Waals surface area contributed by atoms with Crippen molar-refractivity contribution in [2.45, 2.75) is 31.2 Å². The molecule has 0 bridgehead atoms. The highest BCUT2D eigenvalue weighted by atomic mass is 35.5. The molecule has 11 heteroatoms. The van der Waals surface area contributed by atoms with E-state index in [1.807, 2.05) is 36.5 Å². The van der Waals surface area contributed by atoms with Crippen molar-refractivity contribution in [1.29, 1.82) is 0 Å². The number of rotatable bonds is 5. The van der Waals surface area contributed by atoms with Gasteiger partial charge < -0.3 is 10.2 Å². The molecule has 1 aliphatic heterocycles. The number of fused-ring (bicyclic) bond motifs is 1. The van der Waals surface area contributed by atoms with E-state index in [1.165, 1.54) is 11.0 Å². The number of hydrogen-bond acceptors (Lipinski definition) is 4. The Bertz CT molecular complexity index is 1350. The molecule has 2 aromatic heterocycles. The third-order valence-corrected chi connectivity index (χ3v) is 6.41. The van der Waals surface area contributed by atoms with Crippen LogP contribution in [0, 0.1) is 0 Å². The summed E-state index contributed by atoms with van der Waals surface area (Å²) in [5.74, 6) is -0.331. The van der Waals surface area contributed by atoms with Crippen molar-refractivity contribution in [2.75, 3.05) is 12.4 Å². The number of carbonyl (C=O) groups excluding carboxylic acids is 1. The predicted molar refractivity (Wildman–Crippen MR) is 129 cm³/mol. The minimum atomic E-state index is -4.53. The zero-order valence-electron chi connectivity index (χ0n) is 19.2. The first-order valence-electron chi connectivity index (χ1n) is 11.2. The molecule has 2 aromatic carbocycles. The molecule has 1 aliphatic rings. The van der Waals surface area contributed by atoms with Gasteiger partial charge in [0.25, 0.3) is 5.91 Å². The van der Waals surface area contributed by atoms with Gasteiger partial charge in [-0.3, -0.25) is 4.79 Å². The molecule has 0 saturated carbocycles. The molecule has 4 aromatic rings. The van der Waals surface area contributed by atoms with Crippen LogP contribution in [0.15, 0.2) is 73.1 Å². The normalized spacial score (nSPS) is 17.4. The maximum absolute atomic E-state index is 14.0. The molecule has 36 heavy (non-hydrogen) atoms. The van der Waals surface area contributed by atoms with Crippen molar-refractivity contribution in [3.63, 3.8) is 0 Å². The lowest BCUT2D eigenvalue weighted by Gasteiger charge is -2.33. The second-order valence-electron chi connectivity index (χ2n) is 8.68. The van der Waals surface area contributed by atoms with Gasteiger partial charge >= 0.3 is 6.18 Å². The molecule has 1 N–H and O–H groups in total. The minimum absolute atomic E-state index is 0.0563. The Morgan fingerprint density at radius 2 is 1.89 bits per heavy atom. The molecular weight excluding hydrogens is 493 g/mol. The number of aromatic nitrogens is 4. The Morgan fingerprint density at radius 3 is 2.53 bits per heavy atom. The third-order valence-electron chi connectivity index (χ3n) is 6.15. The van der Waals surface area contributed by atoms with Crippen LogP contribution in [0.5, 0.6) is 0 Å². The number of alkyl halides is 3. The van der Waals surface area contributed by atoms with Gasteiger partial charge in [0.05, 0.1) is 11.7 Å². The number of halogens is 4. The lowest BCUT2D eigenvalue weighted by Crippen LogP contribution is -2.35. The van der Waals surface area contributed by atoms with E-state index in [2.05, 4.69) is 15.5 Å². The van der Waals surface area contributed by atoms with Gasteiger partial charge in [-0.15, -0.1) is 0 Å². The fourth-order valence-electron chi connectivity index (χ4n) is 4.31. The van der Waals surface area contributed by atoms with Gasteiger partial charge in [0.1, 0.15) is 5.82 Å². The molecule has 2 atom stereocenters. The van der Waals surface area contributed by atoms with E-state index >= 15 is 0 Å². The van der Waals surface area contributed by atoms with Gasteiger partial charge in [-0.1, -0.05) is 35.9 Å². The van der Waals surface area contributed by atoms with Crippen LogP contribution in [0.2, 0.25) is 5.02 Å². The molecule has 2 unspecified atom stereocenters. The van der Waals surface area contributed by atoms with Gasteiger partial charge in [-0.2, -0.15) is 23.4 Å². The Hall–Kier alpha value is -3.79. The smallest absolute Gasteiger partial charge is 0.363 e. The fraction of sp³-hybridized carbons (Fsp3) is 0.240. The number of anilines is 1. The number of hydrogen-bond donors (Lipinski definition) is 1. The summed E-state index contributed by atoms with van der Waals surface area (Å²) in [6, 6.07) is 14.9. The Balaban J connectivity index is 1.35. The predicted octanol–water partition coefficient (Wildman–Crippen LogP) is 5.65. The molecule has 3 heterocycles. The SMILES string of the molecule is CN(Cc1ccc(-n2cccn2)cc1)C(=O)c1cc2n(n1)C(C(F)(F)F)CC(c1ccc(Cl)cc1)N2. The second-order valence-corrected chi connectivity index (χ2v) is 9.12. The summed E-state index contributed by atoms with van der Waals surface area (Å²) in [5, 5.41) is 11.8. The second kappa shape index (κ2) is 9.34. The van der Waals surface area contributed by atoms with Crippen LogP contribution in [0.25, 0.3) is 5.69 Å². The van der Waals surface area contributed by atoms with Crippen molar-refractivity contribution in [3.8, 4) is 5.69 Å². The van der Waals surface area contributed by atoms with Crippen LogP contribution >= 0.6 is 11.6 Å². The summed E-state index contributed by atoms with van der Waals surface area (Å²) in [4.78, 5) is 14.5. The monoisotopic (exact) mass is 514 g/mol. The van der Waals surface area contributed by atoms with E-state index in [0.29, 0.717) is 10.6 Å². The summed E-state index contributed by atoms with van der Waals surface area (Å²) >= 11 is 5.93. The first kappa shape index (κ1) is 23.9. The van der Waals surface area contributed by atoms with Crippen LogP contribution in [0.4, 0.5) is 19.0 Å². The Labute approximate surface area is 210 Å². The summed E-state index contributed by atoms with van der Waals surface area (Å²) in [5.41, 5.74) is 2.35. The largest absolute Gasteiger partial charge is 0.410 e. The highest BCUT2D eigenvalue weighted by Crippen LogP contribution is 2.43. The van der Waals surface area contributed by atoms with E-state index in [0.717, 1.165) is 15.9 Å². The standard InChI is InChI=1S/C25H22ClF3N6O/c1-33(15-16-3-9-19(10-4-16)34-12-2-11-30-34)24(36)21-14-23-31-20(17-5-7-18(26)8-6-17)13-22(25(27,28)29)35(23)32-21/h2-12,14,20,22,31H,13,15H2,1H3. The van der Waals surface area contributed by atoms with Crippen molar-refractivity contribution in [3.05, 3.63) is 94.9 Å². The van der Waals surface area contributed by atoms with Crippen LogP contribution in [0.3, 0.4) is 0 Å². The molecule has 0 radical (unpaired) electrons. The number of nitrogens with one attached hydrogen (secondary N) is 1. The average Bonchev–Trinajstić information content (AvgIpc) is 3.53. The first-order chi connectivity index (χ1) is 17.2. The average molecular weight is 515 g/mol. The van der Waals surface area contributed by atoms with Crippen LogP contribution in [0.1, 0.15) is 40.1 Å². The quantitative estimate of drug-likeness (QED) is 0.373. The molecule has 0 aliphatic carbocycles. The van der Waals surface area contributed by atoms with E-state index < -0.39 is 24.2 Å². The Kier molecular flexibility index (Phi) is 6.21. The van der Waals surface area contributed by atoms with Crippen LogP contribution in [-0.4, -0.2) is 43.6 Å². The van der Waals surface area contributed by atoms with E-state index in [4.69, 9.17) is 11.6 Å². The number of carbonyl (C=O) groups is 1. The number of amides is 1. The molecule has 0 saturated heterocycles. The zero-order valence-corrected chi connectivity index (χ0v) is 19.9. The van der Waals surface area contributed by atoms with Crippen molar-refractivity contribution in [1.82, 2.24) is 24.5 Å². The van der Waals surface area contributed by atoms with Gasteiger partial charge in [0.15, 0.2) is 11.7 Å². The molecule has 0 spiro atoms. The van der Waals surface area contributed by atoms with Crippen molar-refractivity contribution < 1.29 is 18.0 Å². The van der Waals surface area contributed by atoms with Crippen molar-refractivity contribution >= 4 is 23.3 Å². The fourth-order valence-corrected chi connectivity index (χ4v) is 4.43. The van der Waals surface area contributed by atoms with Crippen molar-refractivity contribution in [2.24, 2.45) is 0 Å². The third kappa shape index (κ3) is 4.81. The topological polar surface area (TPSA) is 68.0 Å². The van der Waals surface area contributed by atoms with Gasteiger partial charge in [0, 0.05) is 43.5 Å². The molecule has 5 rings (SSSR count). The summed E-state index contributed by atoms with van der Waals surface area (Å²) in [7, 11) is 1.59. The summed E-state index contributed by atoms with van der Waals surface area (Å²) in [6.07, 6.45) is -1.28. The molecule has 0 fully saturated rings. The maximum Gasteiger partial charge on any atom is 0.410 e. The highest BCUT2D eigenvalue weighted by molar-refractivity contribution is 6.30. The zero-order chi connectivity index (χ0) is 25.4. The van der Waals surface area contributed by atoms with Gasteiger partial charge in [0.2, 0.25) is 0 Å². The van der Waals surface area contributed by atoms with E-state index in [1.54, 1.807) is 42.2 Å². The Morgan fingerprint density at radius 1 is 1.17 bits per heavy atom. The van der Waals surface area contributed by atoms with E-state index in [9.17, 15) is 18.0 Å². The highest BCUT2D eigenvalue weighted by Gasteiger charge is 2.46. The number of benzene rings is 2. The van der Waals surface area contributed by atoms with Gasteiger partial charge in [-0.05, 0) is 41.5 Å². The molecular formula is C25H22ClF3N6O. The molecule has 186 valence electrons. The molecule has 1 amide bonds. The first-order valence-corrected chi connectivity index (χ1v) is 11.6. The van der Waals surface area contributed by atoms with E-state index in [-0.39, 0.29) is 24.5 Å². The van der Waals surface area contributed by atoms with Gasteiger partial charge in [-0.25, -0.2) is 9.36 Å². The number of nitrogens with zero attached hydrogens (tertiary/aromatic N) is 5. The van der Waals surface area contributed by atoms with Crippen LogP contribution < -0.4 is 5.32 Å². The minimum Gasteiger partial charge on any atom is -0.363 e. The lowest BCUT2D eigenvalue weighted by molar-refractivity contribution is -0.173. The summed E-state index contributed by atoms with van der Waals surface area (Å²) < 4.78 is 44.4. The van der Waals surface area contributed by atoms with Crippen LogP contribution in [-0.2, 0) is 6.54 Å².